The maximum Gasteiger partial charge on any atom is 0.417 e. The Morgan fingerprint density at radius 3 is 2.42 bits per heavy atom. The average molecular weight is 458 g/mol. The maximum absolute atomic E-state index is 13.1. The van der Waals surface area contributed by atoms with Crippen LogP contribution in [0.1, 0.15) is 47.3 Å². The molecule has 0 spiro atoms. The summed E-state index contributed by atoms with van der Waals surface area (Å²) in [4.78, 5) is 28.8. The van der Waals surface area contributed by atoms with Crippen molar-refractivity contribution in [2.45, 2.75) is 44.0 Å². The van der Waals surface area contributed by atoms with Crippen LogP contribution >= 0.6 is 0 Å². The number of pyridine rings is 1. The number of aliphatic carboxylic acids is 1. The van der Waals surface area contributed by atoms with Gasteiger partial charge in [-0.25, -0.2) is 4.79 Å². The van der Waals surface area contributed by atoms with Crippen LogP contribution in [0.15, 0.2) is 54.7 Å². The third-order valence-electron chi connectivity index (χ3n) is 5.86. The number of carboxylic acid groups (broad SMARTS) is 1. The van der Waals surface area contributed by atoms with Crippen LogP contribution in [0.5, 0.6) is 5.75 Å². The number of benzene rings is 2. The first-order valence-corrected chi connectivity index (χ1v) is 10.4. The number of carbonyl (C=O) groups excluding carboxylic acids is 1. The second-order valence-electron chi connectivity index (χ2n) is 8.04. The van der Waals surface area contributed by atoms with E-state index in [1.54, 1.807) is 24.3 Å². The van der Waals surface area contributed by atoms with Crippen molar-refractivity contribution in [1.29, 1.82) is 0 Å². The normalized spacial score (nSPS) is 15.4. The van der Waals surface area contributed by atoms with Crippen LogP contribution in [0.25, 0.3) is 10.8 Å². The molecule has 1 aliphatic carbocycles. The first-order valence-electron chi connectivity index (χ1n) is 10.4. The number of hydrogen-bond donors (Lipinski definition) is 2. The molecule has 2 aromatic carbocycles. The van der Waals surface area contributed by atoms with Gasteiger partial charge in [-0.2, -0.15) is 13.2 Å². The topological polar surface area (TPSA) is 88.5 Å². The van der Waals surface area contributed by atoms with Crippen LogP contribution in [0.2, 0.25) is 0 Å². The number of rotatable bonds is 6. The van der Waals surface area contributed by atoms with Gasteiger partial charge in [0.1, 0.15) is 17.9 Å². The van der Waals surface area contributed by atoms with Gasteiger partial charge >= 0.3 is 12.1 Å². The van der Waals surface area contributed by atoms with Gasteiger partial charge in [-0.3, -0.25) is 9.78 Å². The number of ether oxygens (including phenoxy) is 1. The van der Waals surface area contributed by atoms with Gasteiger partial charge in [0, 0.05) is 11.6 Å². The number of carbonyl (C=O) groups is 2. The molecule has 0 saturated heterocycles. The highest BCUT2D eigenvalue weighted by Gasteiger charge is 2.43. The molecule has 6 nitrogen and oxygen atoms in total. The van der Waals surface area contributed by atoms with Crippen molar-refractivity contribution < 1.29 is 32.6 Å². The van der Waals surface area contributed by atoms with E-state index >= 15 is 0 Å². The third kappa shape index (κ3) is 4.62. The fourth-order valence-corrected chi connectivity index (χ4v) is 4.06. The number of aromatic nitrogens is 1. The molecule has 9 heteroatoms. The molecule has 1 fully saturated rings. The quantitative estimate of drug-likeness (QED) is 0.545. The highest BCUT2D eigenvalue weighted by atomic mass is 19.4. The molecule has 1 heterocycles. The third-order valence-corrected chi connectivity index (χ3v) is 5.86. The van der Waals surface area contributed by atoms with Gasteiger partial charge < -0.3 is 15.2 Å². The number of amides is 1. The fraction of sp³-hybridized carbons (Fsp3) is 0.292. The molecule has 1 amide bonds. The Morgan fingerprint density at radius 1 is 1.06 bits per heavy atom. The summed E-state index contributed by atoms with van der Waals surface area (Å²) in [5.74, 6) is -1.45. The van der Waals surface area contributed by atoms with Crippen LogP contribution in [-0.4, -0.2) is 27.5 Å². The van der Waals surface area contributed by atoms with Gasteiger partial charge in [-0.1, -0.05) is 43.2 Å². The van der Waals surface area contributed by atoms with Gasteiger partial charge in [0.25, 0.3) is 5.91 Å². The van der Waals surface area contributed by atoms with Crippen molar-refractivity contribution in [3.05, 3.63) is 71.5 Å². The molecule has 172 valence electrons. The summed E-state index contributed by atoms with van der Waals surface area (Å²) in [6.45, 7) is -0.170. The Bertz CT molecular complexity index is 1190. The number of hydrogen-bond acceptors (Lipinski definition) is 4. The van der Waals surface area contributed by atoms with E-state index in [0.717, 1.165) is 17.6 Å². The summed E-state index contributed by atoms with van der Waals surface area (Å²) in [6.07, 6.45) is -1.68. The van der Waals surface area contributed by atoms with E-state index < -0.39 is 29.2 Å². The molecule has 4 rings (SSSR count). The van der Waals surface area contributed by atoms with Crippen LogP contribution < -0.4 is 10.1 Å². The second-order valence-corrected chi connectivity index (χ2v) is 8.04. The number of halogens is 3. The van der Waals surface area contributed by atoms with Crippen molar-refractivity contribution in [2.75, 3.05) is 0 Å². The van der Waals surface area contributed by atoms with E-state index in [1.807, 2.05) is 12.1 Å². The molecular weight excluding hydrogens is 437 g/mol. The zero-order chi connectivity index (χ0) is 23.6. The lowest BCUT2D eigenvalue weighted by molar-refractivity contribution is -0.144. The highest BCUT2D eigenvalue weighted by molar-refractivity contribution is 6.05. The fourth-order valence-electron chi connectivity index (χ4n) is 4.06. The summed E-state index contributed by atoms with van der Waals surface area (Å²) in [5.41, 5.74) is -1.80. The number of fused-ring (bicyclic) bond motifs is 1. The van der Waals surface area contributed by atoms with Gasteiger partial charge in [-0.05, 0) is 36.4 Å². The minimum atomic E-state index is -4.49. The lowest BCUT2D eigenvalue weighted by atomic mass is 9.96. The minimum absolute atomic E-state index is 0.146. The molecule has 1 aliphatic rings. The largest absolute Gasteiger partial charge is 0.486 e. The number of nitrogens with zero attached hydrogens (tertiary/aromatic N) is 1. The van der Waals surface area contributed by atoms with E-state index in [-0.39, 0.29) is 23.6 Å². The standard InChI is InChI=1S/C24H21F3N2O4/c25-24(26,27)16-8-9-17(28-13-16)14-33-20-18-6-2-1-5-15(18)7-10-19(20)21(30)29-23(22(31)32)11-3-4-12-23/h1-2,5-10,13H,3-4,11-12,14H2,(H,29,30)(H,31,32). The number of alkyl halides is 3. The van der Waals surface area contributed by atoms with E-state index in [9.17, 15) is 27.9 Å². The first kappa shape index (κ1) is 22.6. The van der Waals surface area contributed by atoms with Crippen LogP contribution in [0, 0.1) is 0 Å². The monoisotopic (exact) mass is 458 g/mol. The highest BCUT2D eigenvalue weighted by Crippen LogP contribution is 2.34. The molecule has 33 heavy (non-hydrogen) atoms. The van der Waals surface area contributed by atoms with Crippen LogP contribution in [-0.2, 0) is 17.6 Å². The lowest BCUT2D eigenvalue weighted by Gasteiger charge is -2.26. The second kappa shape index (κ2) is 8.73. The predicted molar refractivity (Wildman–Crippen MR) is 114 cm³/mol. The summed E-state index contributed by atoms with van der Waals surface area (Å²) < 4.78 is 44.2. The SMILES string of the molecule is O=C(NC1(C(=O)O)CCCC1)c1ccc2ccccc2c1OCc1ccc(C(F)(F)F)cn1. The van der Waals surface area contributed by atoms with Crippen molar-refractivity contribution in [2.24, 2.45) is 0 Å². The zero-order valence-electron chi connectivity index (χ0n) is 17.5. The number of nitrogens with one attached hydrogen (secondary N) is 1. The van der Waals surface area contributed by atoms with Gasteiger partial charge in [-0.15, -0.1) is 0 Å². The molecular formula is C24H21F3N2O4. The van der Waals surface area contributed by atoms with E-state index in [1.165, 1.54) is 6.07 Å². The van der Waals surface area contributed by atoms with Gasteiger partial charge in [0.15, 0.2) is 0 Å². The van der Waals surface area contributed by atoms with Crippen molar-refractivity contribution >= 4 is 22.6 Å². The Balaban J connectivity index is 1.64. The first-order chi connectivity index (χ1) is 15.7. The molecule has 1 saturated carbocycles. The molecule has 2 N–H and O–H groups in total. The molecule has 0 bridgehead atoms. The predicted octanol–water partition coefficient (Wildman–Crippen LogP) is 4.96. The zero-order valence-corrected chi connectivity index (χ0v) is 17.5. The van der Waals surface area contributed by atoms with Gasteiger partial charge in [0.2, 0.25) is 0 Å². The molecule has 3 aromatic rings. The lowest BCUT2D eigenvalue weighted by Crippen LogP contribution is -2.52. The molecule has 1 aromatic heterocycles. The Labute approximate surface area is 187 Å². The van der Waals surface area contributed by atoms with E-state index in [4.69, 9.17) is 4.74 Å². The smallest absolute Gasteiger partial charge is 0.417 e. The Morgan fingerprint density at radius 2 is 1.79 bits per heavy atom. The molecule has 0 atom stereocenters. The summed E-state index contributed by atoms with van der Waals surface area (Å²) in [6, 6.07) is 12.6. The molecule has 0 radical (unpaired) electrons. The van der Waals surface area contributed by atoms with Crippen molar-refractivity contribution in [3.63, 3.8) is 0 Å². The average Bonchev–Trinajstić information content (AvgIpc) is 3.27. The van der Waals surface area contributed by atoms with Crippen molar-refractivity contribution in [1.82, 2.24) is 10.3 Å². The minimum Gasteiger partial charge on any atom is -0.486 e. The molecule has 0 aliphatic heterocycles. The number of carboxylic acids is 1. The van der Waals surface area contributed by atoms with Crippen LogP contribution in [0.3, 0.4) is 0 Å². The summed E-state index contributed by atoms with van der Waals surface area (Å²) in [7, 11) is 0. The molecule has 0 unspecified atom stereocenters. The Kier molecular flexibility index (Phi) is 5.97. The van der Waals surface area contributed by atoms with Crippen LogP contribution in [0.4, 0.5) is 13.2 Å². The van der Waals surface area contributed by atoms with E-state index in [0.29, 0.717) is 31.1 Å². The van der Waals surface area contributed by atoms with Crippen molar-refractivity contribution in [3.8, 4) is 5.75 Å². The summed E-state index contributed by atoms with van der Waals surface area (Å²) in [5, 5.41) is 13.8. The Hall–Kier alpha value is -3.62. The summed E-state index contributed by atoms with van der Waals surface area (Å²) >= 11 is 0. The maximum atomic E-state index is 13.1. The van der Waals surface area contributed by atoms with Gasteiger partial charge in [0.05, 0.1) is 16.8 Å². The van der Waals surface area contributed by atoms with E-state index in [2.05, 4.69) is 10.3 Å².